The highest BCUT2D eigenvalue weighted by Crippen LogP contribution is 2.25. The van der Waals surface area contributed by atoms with Gasteiger partial charge in [0, 0.05) is 41.4 Å². The van der Waals surface area contributed by atoms with Crippen molar-refractivity contribution in [1.82, 2.24) is 10.2 Å². The molecule has 0 aliphatic heterocycles. The minimum absolute atomic E-state index is 0.0259. The zero-order valence-electron chi connectivity index (χ0n) is 20.9. The summed E-state index contributed by atoms with van der Waals surface area (Å²) in [5.74, 6) is -1.16. The topological polar surface area (TPSA) is 49.4 Å². The number of rotatable bonds is 12. The van der Waals surface area contributed by atoms with Crippen molar-refractivity contribution in [2.75, 3.05) is 12.3 Å². The lowest BCUT2D eigenvalue weighted by Gasteiger charge is -2.32. The summed E-state index contributed by atoms with van der Waals surface area (Å²) >= 11 is 7.33. The summed E-state index contributed by atoms with van der Waals surface area (Å²) in [6.07, 6.45) is 0.273. The van der Waals surface area contributed by atoms with Gasteiger partial charge in [-0.2, -0.15) is 0 Å². The highest BCUT2D eigenvalue weighted by Gasteiger charge is 2.31. The molecule has 1 atom stereocenters. The Hall–Kier alpha value is -2.90. The van der Waals surface area contributed by atoms with E-state index in [1.165, 1.54) is 34.9 Å². The van der Waals surface area contributed by atoms with Gasteiger partial charge in [0.05, 0.1) is 5.75 Å². The number of nitrogens with zero attached hydrogens (tertiary/aromatic N) is 1. The monoisotopic (exact) mass is 544 g/mol. The molecule has 2 amide bonds. The van der Waals surface area contributed by atoms with E-state index in [4.69, 9.17) is 11.6 Å². The molecule has 4 nitrogen and oxygen atoms in total. The Morgan fingerprint density at radius 3 is 2.30 bits per heavy atom. The minimum atomic E-state index is -0.856. The van der Waals surface area contributed by atoms with Gasteiger partial charge >= 0.3 is 0 Å². The molecule has 196 valence electrons. The molecular formula is C29H31ClF2N2O2S. The summed E-state index contributed by atoms with van der Waals surface area (Å²) < 4.78 is 28.8. The van der Waals surface area contributed by atoms with Gasteiger partial charge in [0.15, 0.2) is 0 Å². The van der Waals surface area contributed by atoms with Crippen LogP contribution in [0.5, 0.6) is 0 Å². The summed E-state index contributed by atoms with van der Waals surface area (Å²) in [6, 6.07) is 19.2. The Balaban J connectivity index is 1.87. The fourth-order valence-corrected chi connectivity index (χ4v) is 5.03. The van der Waals surface area contributed by atoms with Crippen molar-refractivity contribution >= 4 is 35.2 Å². The van der Waals surface area contributed by atoms with Crippen molar-refractivity contribution in [3.8, 4) is 0 Å². The lowest BCUT2D eigenvalue weighted by Crippen LogP contribution is -2.51. The highest BCUT2D eigenvalue weighted by molar-refractivity contribution is 7.99. The lowest BCUT2D eigenvalue weighted by atomic mass is 10.0. The van der Waals surface area contributed by atoms with Crippen molar-refractivity contribution in [2.24, 2.45) is 5.92 Å². The number of nitrogens with one attached hydrogen (secondary N) is 1. The Morgan fingerprint density at radius 1 is 0.946 bits per heavy atom. The molecule has 37 heavy (non-hydrogen) atoms. The molecule has 0 aliphatic rings. The number of amides is 2. The molecule has 3 aromatic carbocycles. The van der Waals surface area contributed by atoms with Crippen LogP contribution in [0.3, 0.4) is 0 Å². The molecule has 0 heterocycles. The standard InChI is InChI=1S/C29H31ClF2N2O2S/c1-20(2)16-33-29(36)27(15-21-9-4-3-5-10-21)34(17-22-11-6-7-13-25(22)31)28(35)19-37-18-23-24(30)12-8-14-26(23)32/h3-14,20,27H,15-19H2,1-2H3,(H,33,36). The molecule has 0 spiro atoms. The van der Waals surface area contributed by atoms with E-state index in [1.807, 2.05) is 44.2 Å². The van der Waals surface area contributed by atoms with E-state index in [0.29, 0.717) is 17.7 Å². The zero-order valence-corrected chi connectivity index (χ0v) is 22.5. The van der Waals surface area contributed by atoms with E-state index < -0.39 is 17.7 Å². The average Bonchev–Trinajstić information content (AvgIpc) is 2.88. The lowest BCUT2D eigenvalue weighted by molar-refractivity contribution is -0.139. The summed E-state index contributed by atoms with van der Waals surface area (Å²) in [4.78, 5) is 28.4. The maximum atomic E-state index is 14.6. The molecule has 3 rings (SSSR count). The SMILES string of the molecule is CC(C)CNC(=O)C(Cc1ccccc1)N(Cc1ccccc1F)C(=O)CSCc1c(F)cccc1Cl. The van der Waals surface area contributed by atoms with Crippen LogP contribution in [0.2, 0.25) is 5.02 Å². The summed E-state index contributed by atoms with van der Waals surface area (Å²) in [6.45, 7) is 4.35. The average molecular weight is 545 g/mol. The summed E-state index contributed by atoms with van der Waals surface area (Å²) in [5, 5.41) is 3.22. The van der Waals surface area contributed by atoms with Crippen LogP contribution in [0.25, 0.3) is 0 Å². The number of carbonyl (C=O) groups excluding carboxylic acids is 2. The van der Waals surface area contributed by atoms with Gasteiger partial charge in [-0.25, -0.2) is 8.78 Å². The quantitative estimate of drug-likeness (QED) is 0.292. The second-order valence-electron chi connectivity index (χ2n) is 9.15. The fraction of sp³-hybridized carbons (Fsp3) is 0.310. The Labute approximate surface area is 226 Å². The van der Waals surface area contributed by atoms with E-state index >= 15 is 0 Å². The maximum Gasteiger partial charge on any atom is 0.243 e. The van der Waals surface area contributed by atoms with Gasteiger partial charge in [-0.05, 0) is 29.7 Å². The largest absolute Gasteiger partial charge is 0.354 e. The molecule has 0 radical (unpaired) electrons. The first kappa shape index (κ1) is 28.7. The van der Waals surface area contributed by atoms with E-state index in [1.54, 1.807) is 24.3 Å². The Bertz CT molecular complexity index is 1170. The van der Waals surface area contributed by atoms with E-state index in [2.05, 4.69) is 5.32 Å². The van der Waals surface area contributed by atoms with Crippen molar-refractivity contribution in [1.29, 1.82) is 0 Å². The first-order chi connectivity index (χ1) is 17.8. The van der Waals surface area contributed by atoms with Crippen LogP contribution in [0, 0.1) is 17.6 Å². The number of benzene rings is 3. The first-order valence-electron chi connectivity index (χ1n) is 12.1. The van der Waals surface area contributed by atoms with Gasteiger partial charge in [0.25, 0.3) is 0 Å². The number of thioether (sulfide) groups is 1. The predicted molar refractivity (Wildman–Crippen MR) is 146 cm³/mol. The number of carbonyl (C=O) groups is 2. The van der Waals surface area contributed by atoms with E-state index in [-0.39, 0.29) is 47.2 Å². The zero-order chi connectivity index (χ0) is 26.8. The normalized spacial score (nSPS) is 11.8. The van der Waals surface area contributed by atoms with Crippen LogP contribution in [0.15, 0.2) is 72.8 Å². The predicted octanol–water partition coefficient (Wildman–Crippen LogP) is 6.26. The van der Waals surface area contributed by atoms with Gasteiger partial charge < -0.3 is 10.2 Å². The number of hydrogen-bond acceptors (Lipinski definition) is 3. The van der Waals surface area contributed by atoms with Gasteiger partial charge in [0.2, 0.25) is 11.8 Å². The van der Waals surface area contributed by atoms with E-state index in [0.717, 1.165) is 5.56 Å². The molecule has 0 fully saturated rings. The molecule has 8 heteroatoms. The summed E-state index contributed by atoms with van der Waals surface area (Å²) in [7, 11) is 0. The van der Waals surface area contributed by atoms with Crippen LogP contribution in [-0.2, 0) is 28.3 Å². The van der Waals surface area contributed by atoms with Gasteiger partial charge in [0.1, 0.15) is 17.7 Å². The maximum absolute atomic E-state index is 14.6. The molecule has 0 aliphatic carbocycles. The second-order valence-corrected chi connectivity index (χ2v) is 10.5. The van der Waals surface area contributed by atoms with Crippen molar-refractivity contribution in [3.05, 3.63) is 106 Å². The van der Waals surface area contributed by atoms with Crippen LogP contribution >= 0.6 is 23.4 Å². The number of hydrogen-bond donors (Lipinski definition) is 1. The van der Waals surface area contributed by atoms with Gasteiger partial charge in [-0.3, -0.25) is 9.59 Å². The second kappa shape index (κ2) is 14.1. The molecule has 1 N–H and O–H groups in total. The third kappa shape index (κ3) is 8.58. The van der Waals surface area contributed by atoms with Crippen LogP contribution in [-0.4, -0.2) is 35.1 Å². The molecule has 0 saturated carbocycles. The third-order valence-corrected chi connectivity index (χ3v) is 7.09. The molecule has 1 unspecified atom stereocenters. The molecule has 3 aromatic rings. The van der Waals surface area contributed by atoms with Crippen LogP contribution < -0.4 is 5.32 Å². The summed E-state index contributed by atoms with van der Waals surface area (Å²) in [5.41, 5.74) is 1.51. The third-order valence-electron chi connectivity index (χ3n) is 5.79. The molecule has 0 aromatic heterocycles. The highest BCUT2D eigenvalue weighted by atomic mass is 35.5. The minimum Gasteiger partial charge on any atom is -0.354 e. The molecular weight excluding hydrogens is 514 g/mol. The fourth-order valence-electron chi connectivity index (χ4n) is 3.78. The van der Waals surface area contributed by atoms with Crippen LogP contribution in [0.1, 0.15) is 30.5 Å². The van der Waals surface area contributed by atoms with Crippen molar-refractivity contribution < 1.29 is 18.4 Å². The van der Waals surface area contributed by atoms with E-state index in [9.17, 15) is 18.4 Å². The van der Waals surface area contributed by atoms with Crippen molar-refractivity contribution in [3.63, 3.8) is 0 Å². The number of halogens is 3. The van der Waals surface area contributed by atoms with Crippen molar-refractivity contribution in [2.45, 2.75) is 38.6 Å². The molecule has 0 bridgehead atoms. The molecule has 0 saturated heterocycles. The Morgan fingerprint density at radius 2 is 1.62 bits per heavy atom. The van der Waals surface area contributed by atoms with Gasteiger partial charge in [-0.15, -0.1) is 11.8 Å². The first-order valence-corrected chi connectivity index (χ1v) is 13.6. The van der Waals surface area contributed by atoms with Crippen LogP contribution in [0.4, 0.5) is 8.78 Å². The smallest absolute Gasteiger partial charge is 0.243 e. The van der Waals surface area contributed by atoms with Gasteiger partial charge in [-0.1, -0.05) is 80.0 Å². The Kier molecular flexibility index (Phi) is 11.0.